The quantitative estimate of drug-likeness (QED) is 0.517. The minimum Gasteiger partial charge on any atom is -0.394 e. The second-order valence-corrected chi connectivity index (χ2v) is 7.13. The molecular formula is C20H23N5O3. The number of rotatable bonds is 6. The standard InChI is InChI=1S/C20H23N5O3/c1-12-4-6-13(7-5-12)15-8-14(9-17(23-15)20(2,3)28)19(27)24-16(10-26)18-21-11-22-25-18/h4-9,11,16,26,28H,10H2,1-3H3,(H,24,27)(H,21,22,25)/t16-/m0/s1. The zero-order valence-electron chi connectivity index (χ0n) is 16.0. The number of benzene rings is 1. The summed E-state index contributed by atoms with van der Waals surface area (Å²) in [5, 5.41) is 29.1. The first-order valence-corrected chi connectivity index (χ1v) is 8.87. The van der Waals surface area contributed by atoms with E-state index in [0.29, 0.717) is 22.8 Å². The Morgan fingerprint density at radius 3 is 2.54 bits per heavy atom. The number of aryl methyl sites for hydroxylation is 1. The van der Waals surface area contributed by atoms with Crippen LogP contribution in [0.25, 0.3) is 11.3 Å². The highest BCUT2D eigenvalue weighted by Gasteiger charge is 2.23. The van der Waals surface area contributed by atoms with Crippen LogP contribution < -0.4 is 5.32 Å². The number of carbonyl (C=O) groups is 1. The Morgan fingerprint density at radius 2 is 1.96 bits per heavy atom. The molecule has 0 radical (unpaired) electrons. The summed E-state index contributed by atoms with van der Waals surface area (Å²) < 4.78 is 0. The lowest BCUT2D eigenvalue weighted by Crippen LogP contribution is -2.32. The molecule has 28 heavy (non-hydrogen) atoms. The summed E-state index contributed by atoms with van der Waals surface area (Å²) in [5.41, 5.74) is 1.98. The van der Waals surface area contributed by atoms with Crippen LogP contribution in [-0.2, 0) is 5.60 Å². The van der Waals surface area contributed by atoms with Gasteiger partial charge in [0, 0.05) is 11.1 Å². The van der Waals surface area contributed by atoms with E-state index in [4.69, 9.17) is 0 Å². The second kappa shape index (κ2) is 7.87. The molecule has 0 fully saturated rings. The van der Waals surface area contributed by atoms with Crippen LogP contribution in [0, 0.1) is 6.92 Å². The Bertz CT molecular complexity index is 947. The third kappa shape index (κ3) is 4.41. The van der Waals surface area contributed by atoms with E-state index in [9.17, 15) is 15.0 Å². The lowest BCUT2D eigenvalue weighted by Gasteiger charge is -2.20. The molecule has 0 saturated carbocycles. The highest BCUT2D eigenvalue weighted by atomic mass is 16.3. The molecule has 8 nitrogen and oxygen atoms in total. The fourth-order valence-electron chi connectivity index (χ4n) is 2.67. The molecule has 4 N–H and O–H groups in total. The summed E-state index contributed by atoms with van der Waals surface area (Å²) >= 11 is 0. The normalized spacial score (nSPS) is 12.6. The summed E-state index contributed by atoms with van der Waals surface area (Å²) in [6.07, 6.45) is 1.30. The van der Waals surface area contributed by atoms with E-state index in [0.717, 1.165) is 11.1 Å². The predicted octanol–water partition coefficient (Wildman–Crippen LogP) is 1.87. The van der Waals surface area contributed by atoms with Crippen LogP contribution in [0.2, 0.25) is 0 Å². The van der Waals surface area contributed by atoms with E-state index >= 15 is 0 Å². The number of pyridine rings is 1. The van der Waals surface area contributed by atoms with Crippen molar-refractivity contribution in [2.75, 3.05) is 6.61 Å². The van der Waals surface area contributed by atoms with Crippen LogP contribution in [-0.4, -0.2) is 42.9 Å². The molecule has 2 aromatic heterocycles. The van der Waals surface area contributed by atoms with Crippen molar-refractivity contribution in [3.05, 3.63) is 65.4 Å². The first kappa shape index (κ1) is 19.7. The summed E-state index contributed by atoms with van der Waals surface area (Å²) in [6.45, 7) is 4.87. The zero-order valence-corrected chi connectivity index (χ0v) is 16.0. The summed E-state index contributed by atoms with van der Waals surface area (Å²) in [6, 6.07) is 10.2. The van der Waals surface area contributed by atoms with Gasteiger partial charge in [-0.1, -0.05) is 29.8 Å². The van der Waals surface area contributed by atoms with Crippen LogP contribution in [0.15, 0.2) is 42.7 Å². The Hall–Kier alpha value is -3.10. The minimum atomic E-state index is -1.23. The number of carbonyl (C=O) groups excluding carboxylic acids is 1. The van der Waals surface area contributed by atoms with Gasteiger partial charge in [-0.25, -0.2) is 9.97 Å². The first-order chi connectivity index (χ1) is 13.3. The van der Waals surface area contributed by atoms with E-state index in [-0.39, 0.29) is 6.61 Å². The fraction of sp³-hybridized carbons (Fsp3) is 0.300. The number of aliphatic hydroxyl groups excluding tert-OH is 1. The van der Waals surface area contributed by atoms with Gasteiger partial charge in [0.2, 0.25) is 0 Å². The van der Waals surface area contributed by atoms with E-state index < -0.39 is 17.6 Å². The van der Waals surface area contributed by atoms with E-state index in [1.807, 2.05) is 31.2 Å². The molecule has 3 aromatic rings. The van der Waals surface area contributed by atoms with Crippen molar-refractivity contribution in [1.29, 1.82) is 0 Å². The van der Waals surface area contributed by atoms with E-state index in [1.54, 1.807) is 26.0 Å². The molecule has 0 aliphatic carbocycles. The second-order valence-electron chi connectivity index (χ2n) is 7.13. The van der Waals surface area contributed by atoms with Crippen molar-refractivity contribution in [3.8, 4) is 11.3 Å². The molecule has 0 aliphatic rings. The molecule has 1 aromatic carbocycles. The number of H-pyrrole nitrogens is 1. The van der Waals surface area contributed by atoms with Crippen molar-refractivity contribution >= 4 is 5.91 Å². The highest BCUT2D eigenvalue weighted by Crippen LogP contribution is 2.25. The van der Waals surface area contributed by atoms with Gasteiger partial charge in [0.1, 0.15) is 23.8 Å². The van der Waals surface area contributed by atoms with Gasteiger partial charge >= 0.3 is 0 Å². The van der Waals surface area contributed by atoms with Crippen molar-refractivity contribution < 1.29 is 15.0 Å². The number of hydrogen-bond donors (Lipinski definition) is 4. The average molecular weight is 381 g/mol. The van der Waals surface area contributed by atoms with Crippen LogP contribution in [0.1, 0.15) is 47.3 Å². The maximum atomic E-state index is 12.8. The topological polar surface area (TPSA) is 124 Å². The molecule has 1 atom stereocenters. The van der Waals surface area contributed by atoms with Gasteiger partial charge in [0.15, 0.2) is 0 Å². The van der Waals surface area contributed by atoms with Gasteiger partial charge in [-0.3, -0.25) is 9.89 Å². The zero-order chi connectivity index (χ0) is 20.3. The van der Waals surface area contributed by atoms with Gasteiger partial charge in [-0.15, -0.1) is 0 Å². The largest absolute Gasteiger partial charge is 0.394 e. The van der Waals surface area contributed by atoms with Gasteiger partial charge in [0.25, 0.3) is 5.91 Å². The number of aliphatic hydroxyl groups is 2. The third-order valence-corrected chi connectivity index (χ3v) is 4.31. The number of hydrogen-bond acceptors (Lipinski definition) is 6. The molecule has 0 bridgehead atoms. The van der Waals surface area contributed by atoms with Gasteiger partial charge in [0.05, 0.1) is 18.0 Å². The lowest BCUT2D eigenvalue weighted by molar-refractivity contribution is 0.0737. The van der Waals surface area contributed by atoms with E-state index in [1.165, 1.54) is 6.33 Å². The first-order valence-electron chi connectivity index (χ1n) is 8.87. The maximum absolute atomic E-state index is 12.8. The van der Waals surface area contributed by atoms with Crippen LogP contribution in [0.4, 0.5) is 0 Å². The van der Waals surface area contributed by atoms with Crippen molar-refractivity contribution in [3.63, 3.8) is 0 Å². The van der Waals surface area contributed by atoms with E-state index in [2.05, 4.69) is 25.5 Å². The van der Waals surface area contributed by atoms with Crippen molar-refractivity contribution in [2.45, 2.75) is 32.4 Å². The van der Waals surface area contributed by atoms with Gasteiger partial charge < -0.3 is 15.5 Å². The number of aromatic amines is 1. The molecule has 0 spiro atoms. The average Bonchev–Trinajstić information content (AvgIpc) is 3.20. The van der Waals surface area contributed by atoms with Crippen LogP contribution in [0.5, 0.6) is 0 Å². The minimum absolute atomic E-state index is 0.320. The Kier molecular flexibility index (Phi) is 5.53. The molecule has 3 rings (SSSR count). The lowest BCUT2D eigenvalue weighted by atomic mass is 9.99. The highest BCUT2D eigenvalue weighted by molar-refractivity contribution is 5.95. The SMILES string of the molecule is Cc1ccc(-c2cc(C(=O)N[C@@H](CO)c3ncn[nH]3)cc(C(C)(C)O)n2)cc1. The summed E-state index contributed by atoms with van der Waals surface area (Å²) in [7, 11) is 0. The van der Waals surface area contributed by atoms with Crippen LogP contribution in [0.3, 0.4) is 0 Å². The molecule has 8 heteroatoms. The molecule has 2 heterocycles. The fourth-order valence-corrected chi connectivity index (χ4v) is 2.67. The van der Waals surface area contributed by atoms with Crippen molar-refractivity contribution in [2.24, 2.45) is 0 Å². The number of nitrogens with one attached hydrogen (secondary N) is 2. The Labute approximate surface area is 162 Å². The molecule has 146 valence electrons. The molecule has 0 aliphatic heterocycles. The van der Waals surface area contributed by atoms with Crippen molar-refractivity contribution in [1.82, 2.24) is 25.5 Å². The monoisotopic (exact) mass is 381 g/mol. The predicted molar refractivity (Wildman–Crippen MR) is 103 cm³/mol. The molecule has 0 saturated heterocycles. The smallest absolute Gasteiger partial charge is 0.252 e. The molecular weight excluding hydrogens is 358 g/mol. The maximum Gasteiger partial charge on any atom is 0.252 e. The number of aromatic nitrogens is 4. The summed E-state index contributed by atoms with van der Waals surface area (Å²) in [4.78, 5) is 21.3. The molecule has 0 unspecified atom stereocenters. The number of amides is 1. The molecule has 1 amide bonds. The van der Waals surface area contributed by atoms with Gasteiger partial charge in [-0.05, 0) is 32.9 Å². The summed E-state index contributed by atoms with van der Waals surface area (Å²) in [5.74, 6) is -0.0666. The van der Waals surface area contributed by atoms with Crippen LogP contribution >= 0.6 is 0 Å². The Balaban J connectivity index is 1.98. The Morgan fingerprint density at radius 1 is 1.25 bits per heavy atom. The third-order valence-electron chi connectivity index (χ3n) is 4.31. The van der Waals surface area contributed by atoms with Gasteiger partial charge in [-0.2, -0.15) is 5.10 Å². The number of nitrogens with zero attached hydrogens (tertiary/aromatic N) is 3.